The Morgan fingerprint density at radius 3 is 2.75 bits per heavy atom. The summed E-state index contributed by atoms with van der Waals surface area (Å²) in [5, 5.41) is 8.74. The van der Waals surface area contributed by atoms with Gasteiger partial charge in [0.25, 0.3) is 0 Å². The minimum Gasteiger partial charge on any atom is -0.467 e. The molecule has 0 saturated heterocycles. The minimum absolute atomic E-state index is 0.0737. The summed E-state index contributed by atoms with van der Waals surface area (Å²) in [6.07, 6.45) is 2.40. The molecule has 0 aliphatic heterocycles. The maximum Gasteiger partial charge on any atom is 0.315 e. The molecule has 7 heteroatoms. The summed E-state index contributed by atoms with van der Waals surface area (Å²) in [4.78, 5) is 23.5. The molecule has 2 aromatic rings. The number of furan rings is 1. The van der Waals surface area contributed by atoms with Gasteiger partial charge in [0.05, 0.1) is 19.4 Å². The number of carbonyl (C=O) groups is 2. The summed E-state index contributed by atoms with van der Waals surface area (Å²) < 4.78 is 5.10. The molecule has 1 aromatic heterocycles. The zero-order valence-electron chi connectivity index (χ0n) is 12.9. The van der Waals surface area contributed by atoms with Crippen LogP contribution >= 0.6 is 11.6 Å². The van der Waals surface area contributed by atoms with Crippen LogP contribution in [0.5, 0.6) is 0 Å². The third kappa shape index (κ3) is 4.29. The van der Waals surface area contributed by atoms with Gasteiger partial charge < -0.3 is 20.4 Å². The molecule has 0 spiro atoms. The van der Waals surface area contributed by atoms with Gasteiger partial charge in [-0.3, -0.25) is 4.79 Å². The highest BCUT2D eigenvalue weighted by Gasteiger charge is 2.40. The zero-order valence-corrected chi connectivity index (χ0v) is 13.7. The maximum absolute atomic E-state index is 11.9. The van der Waals surface area contributed by atoms with Crippen LogP contribution in [-0.2, 0) is 11.3 Å². The van der Waals surface area contributed by atoms with E-state index in [4.69, 9.17) is 16.0 Å². The predicted octanol–water partition coefficient (Wildman–Crippen LogP) is 2.40. The van der Waals surface area contributed by atoms with Crippen LogP contribution in [0.3, 0.4) is 0 Å². The molecule has 1 fully saturated rings. The van der Waals surface area contributed by atoms with Gasteiger partial charge >= 0.3 is 6.03 Å². The van der Waals surface area contributed by atoms with E-state index in [9.17, 15) is 9.59 Å². The summed E-state index contributed by atoms with van der Waals surface area (Å²) >= 11 is 6.16. The van der Waals surface area contributed by atoms with E-state index < -0.39 is 6.03 Å². The highest BCUT2D eigenvalue weighted by molar-refractivity contribution is 6.31. The van der Waals surface area contributed by atoms with Crippen molar-refractivity contribution < 1.29 is 14.0 Å². The lowest BCUT2D eigenvalue weighted by molar-refractivity contribution is -0.120. The van der Waals surface area contributed by atoms with Gasteiger partial charge in [0.2, 0.25) is 5.91 Å². The van der Waals surface area contributed by atoms with E-state index in [0.29, 0.717) is 5.76 Å². The Labute approximate surface area is 144 Å². The monoisotopic (exact) mass is 347 g/mol. The average Bonchev–Trinajstić information content (AvgIpc) is 3.11. The van der Waals surface area contributed by atoms with Gasteiger partial charge in [-0.05, 0) is 30.2 Å². The van der Waals surface area contributed by atoms with Crippen molar-refractivity contribution in [3.63, 3.8) is 0 Å². The molecule has 3 rings (SSSR count). The third-order valence-electron chi connectivity index (χ3n) is 3.85. The van der Waals surface area contributed by atoms with E-state index in [1.807, 2.05) is 24.3 Å². The summed E-state index contributed by atoms with van der Waals surface area (Å²) in [5.74, 6) is 0.674. The van der Waals surface area contributed by atoms with E-state index in [1.54, 1.807) is 12.1 Å². The van der Waals surface area contributed by atoms with Crippen molar-refractivity contribution >= 4 is 23.5 Å². The highest BCUT2D eigenvalue weighted by atomic mass is 35.5. The number of rotatable bonds is 6. The molecule has 2 atom stereocenters. The van der Waals surface area contributed by atoms with Crippen LogP contribution < -0.4 is 16.0 Å². The quantitative estimate of drug-likeness (QED) is 0.750. The van der Waals surface area contributed by atoms with Gasteiger partial charge in [-0.25, -0.2) is 4.79 Å². The van der Waals surface area contributed by atoms with Crippen LogP contribution in [0.4, 0.5) is 4.79 Å². The largest absolute Gasteiger partial charge is 0.467 e. The molecule has 6 nitrogen and oxygen atoms in total. The van der Waals surface area contributed by atoms with Crippen LogP contribution in [0.2, 0.25) is 5.02 Å². The number of halogens is 1. The van der Waals surface area contributed by atoms with E-state index in [2.05, 4.69) is 16.0 Å². The van der Waals surface area contributed by atoms with Crippen molar-refractivity contribution in [1.29, 1.82) is 0 Å². The van der Waals surface area contributed by atoms with Crippen molar-refractivity contribution in [2.75, 3.05) is 6.54 Å². The first kappa shape index (κ1) is 16.4. The molecule has 0 bridgehead atoms. The number of urea groups is 1. The van der Waals surface area contributed by atoms with Crippen molar-refractivity contribution in [1.82, 2.24) is 16.0 Å². The molecule has 0 radical (unpaired) electrons. The second-order valence-electron chi connectivity index (χ2n) is 5.65. The molecule has 1 aliphatic rings. The second kappa shape index (κ2) is 7.40. The first-order valence-corrected chi connectivity index (χ1v) is 8.09. The molecule has 1 heterocycles. The predicted molar refractivity (Wildman–Crippen MR) is 89.7 cm³/mol. The Balaban J connectivity index is 1.36. The number of nitrogens with one attached hydrogen (secondary N) is 3. The van der Waals surface area contributed by atoms with Crippen molar-refractivity contribution in [2.24, 2.45) is 0 Å². The Morgan fingerprint density at radius 2 is 2.00 bits per heavy atom. The van der Waals surface area contributed by atoms with Gasteiger partial charge in [0.1, 0.15) is 5.76 Å². The summed E-state index contributed by atoms with van der Waals surface area (Å²) in [5.41, 5.74) is 1.05. The smallest absolute Gasteiger partial charge is 0.315 e. The number of hydrogen-bond acceptors (Lipinski definition) is 3. The van der Waals surface area contributed by atoms with Crippen molar-refractivity contribution in [3.05, 3.63) is 59.0 Å². The van der Waals surface area contributed by atoms with Crippen LogP contribution in [0.15, 0.2) is 47.1 Å². The lowest BCUT2D eigenvalue weighted by Crippen LogP contribution is -2.42. The Hall–Kier alpha value is -2.47. The number of amides is 3. The fraction of sp³-hybridized carbons (Fsp3) is 0.294. The van der Waals surface area contributed by atoms with Crippen LogP contribution in [0.1, 0.15) is 23.7 Å². The second-order valence-corrected chi connectivity index (χ2v) is 6.06. The van der Waals surface area contributed by atoms with Gasteiger partial charge in [-0.2, -0.15) is 0 Å². The molecule has 1 saturated carbocycles. The molecule has 126 valence electrons. The molecule has 1 aliphatic carbocycles. The van der Waals surface area contributed by atoms with Crippen molar-refractivity contribution in [2.45, 2.75) is 24.9 Å². The van der Waals surface area contributed by atoms with E-state index in [0.717, 1.165) is 17.0 Å². The zero-order chi connectivity index (χ0) is 16.9. The van der Waals surface area contributed by atoms with E-state index >= 15 is 0 Å². The van der Waals surface area contributed by atoms with Crippen molar-refractivity contribution in [3.8, 4) is 0 Å². The molecule has 24 heavy (non-hydrogen) atoms. The summed E-state index contributed by atoms with van der Waals surface area (Å²) in [6.45, 7) is 0.202. The van der Waals surface area contributed by atoms with Gasteiger partial charge in [0, 0.05) is 17.0 Å². The Morgan fingerprint density at radius 1 is 1.17 bits per heavy atom. The standard InChI is InChI=1S/C17H18ClN3O3/c18-14-6-2-1-5-12(14)13-8-15(13)21-16(22)10-20-17(23)19-9-11-4-3-7-24-11/h1-7,13,15H,8-10H2,(H,21,22)(H2,19,20,23)/t13-,15-/m1/s1. The number of hydrogen-bond donors (Lipinski definition) is 3. The van der Waals surface area contributed by atoms with Crippen LogP contribution in [-0.4, -0.2) is 24.5 Å². The van der Waals surface area contributed by atoms with Crippen LogP contribution in [0.25, 0.3) is 0 Å². The van der Waals surface area contributed by atoms with Crippen LogP contribution in [0, 0.1) is 0 Å². The first-order valence-electron chi connectivity index (χ1n) is 7.71. The van der Waals surface area contributed by atoms with Gasteiger partial charge in [-0.1, -0.05) is 29.8 Å². The lowest BCUT2D eigenvalue weighted by atomic mass is 10.1. The van der Waals surface area contributed by atoms with Gasteiger partial charge in [-0.15, -0.1) is 0 Å². The Bertz CT molecular complexity index is 718. The minimum atomic E-state index is -0.417. The maximum atomic E-state index is 11.9. The molecule has 1 aromatic carbocycles. The normalized spacial score (nSPS) is 18.7. The molecule has 3 amide bonds. The third-order valence-corrected chi connectivity index (χ3v) is 4.20. The Kier molecular flexibility index (Phi) is 5.05. The molecular weight excluding hydrogens is 330 g/mol. The molecular formula is C17H18ClN3O3. The van der Waals surface area contributed by atoms with E-state index in [1.165, 1.54) is 6.26 Å². The average molecular weight is 348 g/mol. The number of carbonyl (C=O) groups excluding carboxylic acids is 2. The van der Waals surface area contributed by atoms with Gasteiger partial charge in [0.15, 0.2) is 0 Å². The SMILES string of the molecule is O=C(CNC(=O)NCc1ccco1)N[C@@H]1C[C@@H]1c1ccccc1Cl. The molecule has 0 unspecified atom stereocenters. The summed E-state index contributed by atoms with van der Waals surface area (Å²) in [7, 11) is 0. The first-order chi connectivity index (χ1) is 11.6. The lowest BCUT2D eigenvalue weighted by Gasteiger charge is -2.08. The number of benzene rings is 1. The molecule has 3 N–H and O–H groups in total. The fourth-order valence-electron chi connectivity index (χ4n) is 2.54. The fourth-order valence-corrected chi connectivity index (χ4v) is 2.81. The van der Waals surface area contributed by atoms with E-state index in [-0.39, 0.29) is 31.0 Å². The summed E-state index contributed by atoms with van der Waals surface area (Å²) in [6, 6.07) is 10.8. The topological polar surface area (TPSA) is 83.4 Å². The highest BCUT2D eigenvalue weighted by Crippen LogP contribution is 2.43.